The molecule has 0 saturated carbocycles. The van der Waals surface area contributed by atoms with Crippen LogP contribution in [-0.4, -0.2) is 25.2 Å². The third-order valence-electron chi connectivity index (χ3n) is 1.78. The van der Waals surface area contributed by atoms with Gasteiger partial charge in [-0.25, -0.2) is 15.6 Å². The standard InChI is InChI=1S/C10H15N5O2/c11-9(16)17-7-6-13-10(15-12)14-8-4-2-1-3-5-8/h1-5H,6-7,12H2,(H2,11,16)(H2,13,14,15). The number of hydrogen-bond donors (Lipinski definition) is 4. The number of nitrogens with one attached hydrogen (secondary N) is 2. The second kappa shape index (κ2) is 7.07. The van der Waals surface area contributed by atoms with Crippen LogP contribution in [0.2, 0.25) is 0 Å². The first kappa shape index (κ1) is 12.8. The fourth-order valence-electron chi connectivity index (χ4n) is 1.08. The lowest BCUT2D eigenvalue weighted by atomic mass is 10.3. The summed E-state index contributed by atoms with van der Waals surface area (Å²) in [6, 6.07) is 9.40. The molecule has 7 heteroatoms. The molecule has 0 aromatic heterocycles. The molecule has 17 heavy (non-hydrogen) atoms. The van der Waals surface area contributed by atoms with Crippen LogP contribution in [0.5, 0.6) is 0 Å². The number of hydrogen-bond acceptors (Lipinski definition) is 4. The number of para-hydroxylation sites is 1. The number of carbonyl (C=O) groups excluding carboxylic acids is 1. The highest BCUT2D eigenvalue weighted by Gasteiger charge is 1.97. The molecule has 1 aromatic carbocycles. The summed E-state index contributed by atoms with van der Waals surface area (Å²) in [7, 11) is 0. The number of guanidine groups is 1. The van der Waals surface area contributed by atoms with Crippen molar-refractivity contribution in [3.63, 3.8) is 0 Å². The maximum absolute atomic E-state index is 10.3. The van der Waals surface area contributed by atoms with Gasteiger partial charge in [-0.1, -0.05) is 18.2 Å². The molecule has 6 N–H and O–H groups in total. The van der Waals surface area contributed by atoms with Gasteiger partial charge in [0.1, 0.15) is 6.61 Å². The van der Waals surface area contributed by atoms with E-state index < -0.39 is 6.09 Å². The lowest BCUT2D eigenvalue weighted by Gasteiger charge is -2.08. The summed E-state index contributed by atoms with van der Waals surface area (Å²) in [5.74, 6) is 5.67. The van der Waals surface area contributed by atoms with E-state index in [1.54, 1.807) is 0 Å². The Balaban J connectivity index is 2.42. The number of anilines is 1. The zero-order valence-electron chi connectivity index (χ0n) is 9.22. The van der Waals surface area contributed by atoms with Crippen molar-refractivity contribution in [3.05, 3.63) is 30.3 Å². The molecule has 0 unspecified atom stereocenters. The van der Waals surface area contributed by atoms with Crippen LogP contribution in [0.4, 0.5) is 10.5 Å². The minimum absolute atomic E-state index is 0.108. The average molecular weight is 237 g/mol. The van der Waals surface area contributed by atoms with E-state index in [9.17, 15) is 4.79 Å². The number of carbonyl (C=O) groups is 1. The molecule has 0 fully saturated rings. The maximum Gasteiger partial charge on any atom is 0.404 e. The molecule has 0 heterocycles. The molecule has 0 spiro atoms. The quantitative estimate of drug-likeness (QED) is 0.194. The first-order valence-electron chi connectivity index (χ1n) is 4.97. The lowest BCUT2D eigenvalue weighted by molar-refractivity contribution is 0.160. The molecule has 0 aliphatic rings. The first-order chi connectivity index (χ1) is 8.22. The number of benzene rings is 1. The first-order valence-corrected chi connectivity index (χ1v) is 4.97. The van der Waals surface area contributed by atoms with Gasteiger partial charge in [-0.05, 0) is 12.1 Å². The van der Waals surface area contributed by atoms with Crippen LogP contribution in [-0.2, 0) is 4.74 Å². The molecule has 0 aliphatic heterocycles. The van der Waals surface area contributed by atoms with Crippen LogP contribution >= 0.6 is 0 Å². The fraction of sp³-hybridized carbons (Fsp3) is 0.200. The number of amides is 1. The second-order valence-corrected chi connectivity index (χ2v) is 3.03. The summed E-state index contributed by atoms with van der Waals surface area (Å²) < 4.78 is 4.52. The number of rotatable bonds is 4. The minimum Gasteiger partial charge on any atom is -0.448 e. The third-order valence-corrected chi connectivity index (χ3v) is 1.78. The summed E-state index contributed by atoms with van der Waals surface area (Å²) in [5, 5.41) is 2.96. The Kier molecular flexibility index (Phi) is 5.32. The Morgan fingerprint density at radius 2 is 2.06 bits per heavy atom. The van der Waals surface area contributed by atoms with Gasteiger partial charge in [0.2, 0.25) is 5.96 Å². The van der Waals surface area contributed by atoms with Crippen LogP contribution in [0, 0.1) is 0 Å². The summed E-state index contributed by atoms with van der Waals surface area (Å²) in [6.45, 7) is 0.374. The second-order valence-electron chi connectivity index (χ2n) is 3.03. The predicted octanol–water partition coefficient (Wildman–Crippen LogP) is 0.0131. The summed E-state index contributed by atoms with van der Waals surface area (Å²) in [4.78, 5) is 14.3. The van der Waals surface area contributed by atoms with Gasteiger partial charge in [0.25, 0.3) is 0 Å². The summed E-state index contributed by atoms with van der Waals surface area (Å²) >= 11 is 0. The SMILES string of the molecule is NNC(=NCCOC(N)=O)Nc1ccccc1. The predicted molar refractivity (Wildman–Crippen MR) is 65.2 cm³/mol. The van der Waals surface area contributed by atoms with E-state index in [4.69, 9.17) is 11.6 Å². The van der Waals surface area contributed by atoms with Gasteiger partial charge in [-0.15, -0.1) is 0 Å². The van der Waals surface area contributed by atoms with Gasteiger partial charge < -0.3 is 15.8 Å². The number of nitrogens with two attached hydrogens (primary N) is 2. The van der Waals surface area contributed by atoms with Crippen LogP contribution in [0.3, 0.4) is 0 Å². The van der Waals surface area contributed by atoms with E-state index in [-0.39, 0.29) is 13.2 Å². The van der Waals surface area contributed by atoms with Crippen molar-refractivity contribution >= 4 is 17.7 Å². The van der Waals surface area contributed by atoms with Gasteiger partial charge >= 0.3 is 6.09 Å². The zero-order chi connectivity index (χ0) is 12.5. The largest absolute Gasteiger partial charge is 0.448 e. The van der Waals surface area contributed by atoms with Crippen LogP contribution in [0.25, 0.3) is 0 Å². The highest BCUT2D eigenvalue weighted by molar-refractivity contribution is 5.93. The molecule has 1 aromatic rings. The Labute approximate surface area is 98.8 Å². The molecular formula is C10H15N5O2. The topological polar surface area (TPSA) is 115 Å². The van der Waals surface area contributed by atoms with Crippen molar-refractivity contribution in [1.29, 1.82) is 0 Å². The number of primary amides is 1. The highest BCUT2D eigenvalue weighted by Crippen LogP contribution is 2.03. The van der Waals surface area contributed by atoms with Gasteiger partial charge in [0.05, 0.1) is 6.54 Å². The zero-order valence-corrected chi connectivity index (χ0v) is 9.22. The molecule has 0 aliphatic carbocycles. The minimum atomic E-state index is -0.821. The van der Waals surface area contributed by atoms with Crippen molar-refractivity contribution in [2.45, 2.75) is 0 Å². The van der Waals surface area contributed by atoms with Crippen LogP contribution < -0.4 is 22.3 Å². The van der Waals surface area contributed by atoms with Crippen molar-refractivity contribution in [3.8, 4) is 0 Å². The van der Waals surface area contributed by atoms with Crippen molar-refractivity contribution < 1.29 is 9.53 Å². The Morgan fingerprint density at radius 1 is 1.35 bits per heavy atom. The molecular weight excluding hydrogens is 222 g/mol. The Morgan fingerprint density at radius 3 is 2.65 bits per heavy atom. The third kappa shape index (κ3) is 5.38. The number of aliphatic imine (C=N–C) groups is 1. The van der Waals surface area contributed by atoms with E-state index >= 15 is 0 Å². The molecule has 92 valence electrons. The maximum atomic E-state index is 10.3. The van der Waals surface area contributed by atoms with Crippen LogP contribution in [0.1, 0.15) is 0 Å². The molecule has 0 bridgehead atoms. The number of hydrazine groups is 1. The summed E-state index contributed by atoms with van der Waals surface area (Å²) in [6.07, 6.45) is -0.821. The van der Waals surface area contributed by atoms with Crippen LogP contribution in [0.15, 0.2) is 35.3 Å². The van der Waals surface area contributed by atoms with Gasteiger partial charge in [0, 0.05) is 5.69 Å². The molecule has 0 saturated heterocycles. The lowest BCUT2D eigenvalue weighted by Crippen LogP contribution is -2.36. The molecule has 1 amide bonds. The van der Waals surface area contributed by atoms with Crippen molar-refractivity contribution in [2.24, 2.45) is 16.6 Å². The Hall–Kier alpha value is -2.28. The van der Waals surface area contributed by atoms with E-state index in [0.717, 1.165) is 5.69 Å². The molecule has 0 radical (unpaired) electrons. The van der Waals surface area contributed by atoms with E-state index in [2.05, 4.69) is 20.5 Å². The van der Waals surface area contributed by atoms with Gasteiger partial charge in [-0.2, -0.15) is 0 Å². The molecule has 1 rings (SSSR count). The van der Waals surface area contributed by atoms with Gasteiger partial charge in [-0.3, -0.25) is 5.43 Å². The highest BCUT2D eigenvalue weighted by atomic mass is 16.5. The van der Waals surface area contributed by atoms with E-state index in [0.29, 0.717) is 5.96 Å². The normalized spacial score (nSPS) is 10.8. The smallest absolute Gasteiger partial charge is 0.404 e. The van der Waals surface area contributed by atoms with Crippen molar-refractivity contribution in [2.75, 3.05) is 18.5 Å². The number of ether oxygens (including phenoxy) is 1. The monoisotopic (exact) mass is 237 g/mol. The summed E-state index contributed by atoms with van der Waals surface area (Å²) in [5.41, 5.74) is 8.05. The number of nitrogens with zero attached hydrogens (tertiary/aromatic N) is 1. The van der Waals surface area contributed by atoms with E-state index in [1.807, 2.05) is 30.3 Å². The van der Waals surface area contributed by atoms with Crippen molar-refractivity contribution in [1.82, 2.24) is 5.43 Å². The molecule has 0 atom stereocenters. The van der Waals surface area contributed by atoms with E-state index in [1.165, 1.54) is 0 Å². The van der Waals surface area contributed by atoms with Gasteiger partial charge in [0.15, 0.2) is 0 Å². The Bertz CT molecular complexity index is 380. The average Bonchev–Trinajstić information content (AvgIpc) is 2.34. The molecule has 7 nitrogen and oxygen atoms in total. The fourth-order valence-corrected chi connectivity index (χ4v) is 1.08.